The van der Waals surface area contributed by atoms with Crippen molar-refractivity contribution in [2.45, 2.75) is 83.3 Å². The Morgan fingerprint density at radius 3 is 2.47 bits per heavy atom. The number of hydrogen-bond donors (Lipinski definition) is 2. The number of aryl methyl sites for hydroxylation is 1. The lowest BCUT2D eigenvalue weighted by atomic mass is 9.94. The van der Waals surface area contributed by atoms with E-state index in [1.807, 2.05) is 37.4 Å². The minimum absolute atomic E-state index is 0.0249. The van der Waals surface area contributed by atoms with E-state index in [1.165, 1.54) is 0 Å². The summed E-state index contributed by atoms with van der Waals surface area (Å²) in [5.74, 6) is -0.0183. The van der Waals surface area contributed by atoms with Crippen molar-refractivity contribution in [2.75, 3.05) is 75.8 Å². The van der Waals surface area contributed by atoms with Gasteiger partial charge in [0.2, 0.25) is 11.8 Å². The number of rotatable bonds is 13. The number of likely N-dealkylation sites (tertiary alicyclic amines) is 1. The van der Waals surface area contributed by atoms with Gasteiger partial charge in [-0.25, -0.2) is 4.39 Å². The fraction of sp³-hybridized carbons (Fsp3) is 0.490. The number of imide groups is 1. The maximum absolute atomic E-state index is 16.9. The van der Waals surface area contributed by atoms with Gasteiger partial charge in [-0.1, -0.05) is 25.1 Å². The number of nitrogens with one attached hydrogen (secondary N) is 1. The topological polar surface area (TPSA) is 148 Å². The maximum Gasteiger partial charge on any atom is 0.319 e. The van der Waals surface area contributed by atoms with Crippen molar-refractivity contribution in [2.24, 2.45) is 11.3 Å². The monoisotopic (exact) mass is 895 g/mol. The Hall–Kier alpha value is -5.93. The molecule has 0 unspecified atom stereocenters. The van der Waals surface area contributed by atoms with Crippen LogP contribution in [0.2, 0.25) is 0 Å². The quantitative estimate of drug-likeness (QED) is 0.128. The first-order valence-electron chi connectivity index (χ1n) is 24.0. The van der Waals surface area contributed by atoms with Gasteiger partial charge in [-0.05, 0) is 123 Å². The number of amides is 3. The van der Waals surface area contributed by atoms with Crippen LogP contribution in [0.1, 0.15) is 79.8 Å². The van der Waals surface area contributed by atoms with Crippen molar-refractivity contribution < 1.29 is 28.6 Å². The zero-order chi connectivity index (χ0) is 45.3. The minimum atomic E-state index is -0.605. The molecule has 3 amide bonds. The summed E-state index contributed by atoms with van der Waals surface area (Å²) in [6.07, 6.45) is 9.61. The number of carbonyl (C=O) groups is 3. The van der Waals surface area contributed by atoms with Gasteiger partial charge in [0.25, 0.3) is 5.91 Å². The summed E-state index contributed by atoms with van der Waals surface area (Å²) in [6, 6.07) is 15.2. The van der Waals surface area contributed by atoms with E-state index in [0.29, 0.717) is 53.9 Å². The van der Waals surface area contributed by atoms with E-state index < -0.39 is 11.9 Å². The third kappa shape index (κ3) is 8.18. The number of aromatic hydroxyl groups is 1. The number of piperazine rings is 1. The Morgan fingerprint density at radius 1 is 0.924 bits per heavy atom. The largest absolute Gasteiger partial charge is 0.508 e. The van der Waals surface area contributed by atoms with Gasteiger partial charge in [0.1, 0.15) is 28.8 Å². The van der Waals surface area contributed by atoms with Crippen LogP contribution in [-0.4, -0.2) is 131 Å². The number of phenols is 1. The molecule has 11 rings (SSSR count). The molecule has 344 valence electrons. The van der Waals surface area contributed by atoms with Crippen LogP contribution in [-0.2, 0) is 22.6 Å². The molecule has 6 heterocycles. The fourth-order valence-corrected chi connectivity index (χ4v) is 11.0. The van der Waals surface area contributed by atoms with Crippen LogP contribution < -0.4 is 19.9 Å². The molecule has 1 atom stereocenters. The Kier molecular flexibility index (Phi) is 11.0. The molecule has 2 aliphatic carbocycles. The highest BCUT2D eigenvalue weighted by molar-refractivity contribution is 6.06. The number of pyridine rings is 1. The minimum Gasteiger partial charge on any atom is -0.508 e. The summed E-state index contributed by atoms with van der Waals surface area (Å²) in [5, 5.41) is 15.3. The van der Waals surface area contributed by atoms with Gasteiger partial charge >= 0.3 is 6.01 Å². The highest BCUT2D eigenvalue weighted by Gasteiger charge is 2.46. The first-order chi connectivity index (χ1) is 32.0. The van der Waals surface area contributed by atoms with Crippen molar-refractivity contribution in [1.82, 2.24) is 35.0 Å². The van der Waals surface area contributed by atoms with Crippen molar-refractivity contribution in [1.29, 1.82) is 0 Å². The standard InChI is InChI=1S/C51H58FN9O5/c1-3-32-5-4-6-33-24-37(62)25-39(43(32)33)45-44(52)46-40(26-53-45)47(57(2)35-7-8-35)56-50(55-46)66-30-51(15-16-51)29-59-17-13-31(14-18-59)27-58-19-21-60(22-20-58)36-9-10-38-34(23-36)28-61(49(38)65)41-11-12-42(63)54-48(41)64/h4-6,9-10,23-26,31,35,41,62H,3,7-8,11-22,27-30H2,1-2H3,(H,54,63,64)/t41-/m0/s1. The number of carbonyl (C=O) groups excluding carboxylic acids is 3. The van der Waals surface area contributed by atoms with E-state index >= 15 is 4.39 Å². The Bertz CT molecular complexity index is 2740. The number of fused-ring (bicyclic) bond motifs is 3. The molecule has 66 heavy (non-hydrogen) atoms. The lowest BCUT2D eigenvalue weighted by Gasteiger charge is -2.40. The van der Waals surface area contributed by atoms with E-state index in [4.69, 9.17) is 14.7 Å². The molecule has 4 aliphatic heterocycles. The smallest absolute Gasteiger partial charge is 0.319 e. The summed E-state index contributed by atoms with van der Waals surface area (Å²) < 4.78 is 23.4. The Labute approximate surface area is 384 Å². The summed E-state index contributed by atoms with van der Waals surface area (Å²) >= 11 is 0. The van der Waals surface area contributed by atoms with Gasteiger partial charge in [-0.2, -0.15) is 9.97 Å². The van der Waals surface area contributed by atoms with Crippen molar-refractivity contribution in [3.8, 4) is 23.0 Å². The second-order valence-electron chi connectivity index (χ2n) is 19.8. The number of hydrogen-bond acceptors (Lipinski definition) is 12. The van der Waals surface area contributed by atoms with Gasteiger partial charge in [-0.3, -0.25) is 29.6 Å². The molecule has 6 aliphatic rings. The summed E-state index contributed by atoms with van der Waals surface area (Å²) in [4.78, 5) is 63.0. The molecule has 2 aromatic heterocycles. The molecule has 5 fully saturated rings. The molecule has 0 radical (unpaired) electrons. The average molecular weight is 896 g/mol. The average Bonchev–Trinajstić information content (AvgIpc) is 4.27. The molecule has 15 heteroatoms. The lowest BCUT2D eigenvalue weighted by molar-refractivity contribution is -0.136. The van der Waals surface area contributed by atoms with Gasteiger partial charge < -0.3 is 29.4 Å². The number of anilines is 2. The number of aromatic nitrogens is 3. The van der Waals surface area contributed by atoms with Crippen molar-refractivity contribution in [3.05, 3.63) is 77.2 Å². The third-order valence-corrected chi connectivity index (χ3v) is 15.2. The van der Waals surface area contributed by atoms with E-state index in [2.05, 4.69) is 42.9 Å². The highest BCUT2D eigenvalue weighted by atomic mass is 19.1. The number of ether oxygens (including phenoxy) is 1. The molecule has 0 bridgehead atoms. The van der Waals surface area contributed by atoms with Crippen LogP contribution in [0.4, 0.5) is 15.9 Å². The Balaban J connectivity index is 0.700. The van der Waals surface area contributed by atoms with Crippen molar-refractivity contribution in [3.63, 3.8) is 0 Å². The molecule has 0 spiro atoms. The van der Waals surface area contributed by atoms with E-state index in [-0.39, 0.29) is 52.5 Å². The second kappa shape index (κ2) is 17.1. The van der Waals surface area contributed by atoms with Gasteiger partial charge in [0, 0.05) is 93.7 Å². The van der Waals surface area contributed by atoms with E-state index in [0.717, 1.165) is 125 Å². The number of phenolic OH excluding ortho intramolecular Hbond substituents is 1. The predicted octanol–water partition coefficient (Wildman–Crippen LogP) is 6.30. The van der Waals surface area contributed by atoms with Gasteiger partial charge in [0.15, 0.2) is 5.82 Å². The normalized spacial score (nSPS) is 21.4. The fourth-order valence-electron chi connectivity index (χ4n) is 11.0. The highest BCUT2D eigenvalue weighted by Crippen LogP contribution is 2.47. The predicted molar refractivity (Wildman–Crippen MR) is 250 cm³/mol. The molecular weight excluding hydrogens is 838 g/mol. The molecule has 2 N–H and O–H groups in total. The summed E-state index contributed by atoms with van der Waals surface area (Å²) in [7, 11) is 2.00. The zero-order valence-corrected chi connectivity index (χ0v) is 37.9. The number of nitrogens with zero attached hydrogens (tertiary/aromatic N) is 8. The molecule has 3 saturated heterocycles. The zero-order valence-electron chi connectivity index (χ0n) is 37.9. The Morgan fingerprint density at radius 2 is 1.73 bits per heavy atom. The van der Waals surface area contributed by atoms with E-state index in [1.54, 1.807) is 23.2 Å². The lowest BCUT2D eigenvalue weighted by Crippen LogP contribution is -2.52. The van der Waals surface area contributed by atoms with Crippen LogP contribution in [0.5, 0.6) is 11.8 Å². The summed E-state index contributed by atoms with van der Waals surface area (Å²) in [5.41, 5.74) is 4.64. The van der Waals surface area contributed by atoms with Crippen LogP contribution in [0.25, 0.3) is 32.9 Å². The molecule has 3 aromatic carbocycles. The summed E-state index contributed by atoms with van der Waals surface area (Å²) in [6.45, 7) is 10.9. The molecular formula is C51H58FN9O5. The third-order valence-electron chi connectivity index (χ3n) is 15.2. The van der Waals surface area contributed by atoms with Crippen LogP contribution in [0.3, 0.4) is 0 Å². The maximum atomic E-state index is 16.9. The second-order valence-corrected chi connectivity index (χ2v) is 19.8. The molecule has 5 aromatic rings. The van der Waals surface area contributed by atoms with Crippen LogP contribution in [0, 0.1) is 17.2 Å². The van der Waals surface area contributed by atoms with Crippen molar-refractivity contribution >= 4 is 50.9 Å². The SMILES string of the molecule is CCc1cccc2cc(O)cc(-c3ncc4c(N(C)C5CC5)nc(OCC5(CN6CCC(CN7CCN(c8ccc9c(c8)CN([C@H]8CCC(=O)NC8=O)C9=O)CC7)CC6)CC5)nc4c3F)c12. The van der Waals surface area contributed by atoms with Gasteiger partial charge in [0.05, 0.1) is 12.0 Å². The number of piperidine rings is 2. The van der Waals surface area contributed by atoms with Gasteiger partial charge in [-0.15, -0.1) is 0 Å². The number of benzene rings is 3. The van der Waals surface area contributed by atoms with Crippen LogP contribution >= 0.6 is 0 Å². The first kappa shape index (κ1) is 42.7. The number of halogens is 1. The van der Waals surface area contributed by atoms with Crippen LogP contribution in [0.15, 0.2) is 54.7 Å². The molecule has 2 saturated carbocycles. The van der Waals surface area contributed by atoms with E-state index in [9.17, 15) is 19.5 Å². The first-order valence-corrected chi connectivity index (χ1v) is 24.0. The molecule has 14 nitrogen and oxygen atoms in total.